The van der Waals surface area contributed by atoms with Gasteiger partial charge in [-0.2, -0.15) is 11.8 Å². The smallest absolute Gasteiger partial charge is 0.0900 e. The van der Waals surface area contributed by atoms with Gasteiger partial charge >= 0.3 is 0 Å². The number of allylic oxidation sites excluding steroid dienone is 4. The fourth-order valence-electron chi connectivity index (χ4n) is 5.97. The fourth-order valence-corrected chi connectivity index (χ4v) is 6.88. The molecule has 0 radical (unpaired) electrons. The van der Waals surface area contributed by atoms with Gasteiger partial charge in [-0.1, -0.05) is 64.2 Å². The monoisotopic (exact) mass is 640 g/mol. The van der Waals surface area contributed by atoms with Gasteiger partial charge in [0.15, 0.2) is 0 Å². The van der Waals surface area contributed by atoms with Crippen LogP contribution < -0.4 is 0 Å². The molecule has 2 rings (SSSR count). The Morgan fingerprint density at radius 2 is 1.57 bits per heavy atom. The van der Waals surface area contributed by atoms with Crippen molar-refractivity contribution in [3.8, 4) is 0 Å². The van der Waals surface area contributed by atoms with E-state index in [2.05, 4.69) is 64.0 Å². The van der Waals surface area contributed by atoms with Crippen LogP contribution in [0.3, 0.4) is 0 Å². The molecule has 0 aliphatic carbocycles. The van der Waals surface area contributed by atoms with Crippen LogP contribution in [0.2, 0.25) is 0 Å². The molecule has 7 nitrogen and oxygen atoms in total. The summed E-state index contributed by atoms with van der Waals surface area (Å²) in [7, 11) is 0. The second kappa shape index (κ2) is 26.4. The third-order valence-electron chi connectivity index (χ3n) is 8.02. The second-order valence-electron chi connectivity index (χ2n) is 12.8. The molecular formula is C36H68N2O5S. The van der Waals surface area contributed by atoms with E-state index in [-0.39, 0.29) is 12.2 Å². The fraction of sp³-hybridized carbons (Fsp3) is 0.833. The van der Waals surface area contributed by atoms with Gasteiger partial charge in [-0.05, 0) is 70.8 Å². The molecule has 2 fully saturated rings. The minimum Gasteiger partial charge on any atom is -0.390 e. The van der Waals surface area contributed by atoms with Gasteiger partial charge in [0.05, 0.1) is 32.0 Å². The maximum Gasteiger partial charge on any atom is 0.0900 e. The van der Waals surface area contributed by atoms with Crippen molar-refractivity contribution in [2.24, 2.45) is 11.8 Å². The lowest BCUT2D eigenvalue weighted by molar-refractivity contribution is 0.0147. The topological polar surface area (TPSA) is 74.6 Å². The van der Waals surface area contributed by atoms with Gasteiger partial charge in [0.25, 0.3) is 0 Å². The molecule has 0 aromatic carbocycles. The lowest BCUT2D eigenvalue weighted by atomic mass is 9.94. The predicted molar refractivity (Wildman–Crippen MR) is 189 cm³/mol. The summed E-state index contributed by atoms with van der Waals surface area (Å²) in [5.74, 6) is 2.99. The van der Waals surface area contributed by atoms with Crippen molar-refractivity contribution in [3.63, 3.8) is 0 Å². The van der Waals surface area contributed by atoms with Crippen LogP contribution in [0.4, 0.5) is 0 Å². The largest absolute Gasteiger partial charge is 0.390 e. The minimum absolute atomic E-state index is 0.358. The molecule has 8 heteroatoms. The van der Waals surface area contributed by atoms with Gasteiger partial charge in [0, 0.05) is 63.0 Å². The molecule has 2 saturated heterocycles. The zero-order valence-electron chi connectivity index (χ0n) is 29.1. The Hall–Kier alpha value is -0.710. The molecule has 258 valence electrons. The predicted octanol–water partition coefficient (Wildman–Crippen LogP) is 6.21. The molecule has 5 unspecified atom stereocenters. The zero-order valence-corrected chi connectivity index (χ0v) is 29.9. The van der Waals surface area contributed by atoms with Crippen LogP contribution >= 0.6 is 11.8 Å². The highest BCUT2D eigenvalue weighted by atomic mass is 32.2. The lowest BCUT2D eigenvalue weighted by Gasteiger charge is -2.31. The Bertz CT molecular complexity index is 767. The summed E-state index contributed by atoms with van der Waals surface area (Å²) >= 11 is 1.73. The molecule has 2 heterocycles. The Morgan fingerprint density at radius 3 is 2.20 bits per heavy atom. The van der Waals surface area contributed by atoms with Crippen molar-refractivity contribution in [2.75, 3.05) is 77.3 Å². The highest BCUT2D eigenvalue weighted by molar-refractivity contribution is 7.99. The molecule has 0 amide bonds. The van der Waals surface area contributed by atoms with E-state index in [9.17, 15) is 10.2 Å². The Kier molecular flexibility index (Phi) is 24.8. The normalized spacial score (nSPS) is 23.5. The quantitative estimate of drug-likeness (QED) is 0.101. The molecular weight excluding hydrogens is 572 g/mol. The van der Waals surface area contributed by atoms with E-state index in [0.29, 0.717) is 31.2 Å². The van der Waals surface area contributed by atoms with E-state index >= 15 is 0 Å². The van der Waals surface area contributed by atoms with Gasteiger partial charge in [-0.25, -0.2) is 0 Å². The molecule has 44 heavy (non-hydrogen) atoms. The summed E-state index contributed by atoms with van der Waals surface area (Å²) in [6, 6.07) is 1.27. The van der Waals surface area contributed by atoms with Gasteiger partial charge in [0.2, 0.25) is 0 Å². The lowest BCUT2D eigenvalue weighted by Crippen LogP contribution is -2.41. The standard InChI is InChI=1S/C22H44N2O3.C14H24O2S/c1-5-10-26-16-18(3)13-23-9-7-8-22(23)20-12-19(4)24(14-20)15-21(25)17-27-11-6-2;1-4-6-7-8-13(3)11-17-12-14(15)10-16-9-5-2/h18-22,25H,5-17H2,1-4H3;4,6-8,14-15H,1,5,9-12H2,2-3H3/b;7-6-,13-8+/t18?,19?,20-,21?,22?;/m0./s1. The third kappa shape index (κ3) is 19.1. The van der Waals surface area contributed by atoms with Crippen LogP contribution in [0.1, 0.15) is 80.1 Å². The summed E-state index contributed by atoms with van der Waals surface area (Å²) in [6.07, 6.45) is 14.0. The van der Waals surface area contributed by atoms with Crippen LogP contribution in [0.15, 0.2) is 36.5 Å². The Balaban J connectivity index is 0.000000493. The minimum atomic E-state index is -0.367. The van der Waals surface area contributed by atoms with Gasteiger partial charge < -0.3 is 24.4 Å². The van der Waals surface area contributed by atoms with Crippen LogP contribution in [0.25, 0.3) is 0 Å². The molecule has 0 aromatic rings. The molecule has 0 saturated carbocycles. The van der Waals surface area contributed by atoms with Crippen molar-refractivity contribution >= 4 is 11.8 Å². The van der Waals surface area contributed by atoms with Crippen LogP contribution in [0.5, 0.6) is 0 Å². The number of aliphatic hydroxyl groups is 2. The first kappa shape index (κ1) is 41.3. The van der Waals surface area contributed by atoms with Crippen LogP contribution in [0, 0.1) is 11.8 Å². The summed E-state index contributed by atoms with van der Waals surface area (Å²) < 4.78 is 16.6. The number of likely N-dealkylation sites (tertiary alicyclic amines) is 2. The van der Waals surface area contributed by atoms with Crippen LogP contribution in [-0.4, -0.2) is 122 Å². The summed E-state index contributed by atoms with van der Waals surface area (Å²) in [5, 5.41) is 19.9. The molecule has 2 aliphatic rings. The van der Waals surface area contributed by atoms with Crippen molar-refractivity contribution < 1.29 is 24.4 Å². The van der Waals surface area contributed by atoms with E-state index in [4.69, 9.17) is 14.2 Å². The molecule has 0 bridgehead atoms. The summed E-state index contributed by atoms with van der Waals surface area (Å²) in [6.45, 7) is 25.1. The first-order valence-corrected chi connectivity index (χ1v) is 18.5. The number of β-amino-alcohol motifs (C(OH)–C–C–N with tert-alkyl or cyclic N) is 1. The summed E-state index contributed by atoms with van der Waals surface area (Å²) in [5.41, 5.74) is 1.29. The third-order valence-corrected chi connectivity index (χ3v) is 9.30. The van der Waals surface area contributed by atoms with E-state index < -0.39 is 0 Å². The van der Waals surface area contributed by atoms with E-state index in [1.54, 1.807) is 17.8 Å². The number of aliphatic hydroxyl groups excluding tert-OH is 2. The van der Waals surface area contributed by atoms with Gasteiger partial charge in [-0.3, -0.25) is 9.80 Å². The highest BCUT2D eigenvalue weighted by Gasteiger charge is 2.39. The number of thioether (sulfide) groups is 1. The van der Waals surface area contributed by atoms with Gasteiger partial charge in [-0.15, -0.1) is 0 Å². The number of nitrogens with zero attached hydrogens (tertiary/aromatic N) is 2. The molecule has 2 N–H and O–H groups in total. The molecule has 2 aliphatic heterocycles. The van der Waals surface area contributed by atoms with Gasteiger partial charge in [0.1, 0.15) is 0 Å². The van der Waals surface area contributed by atoms with E-state index in [1.807, 2.05) is 12.2 Å². The Labute approximate surface area is 275 Å². The average molecular weight is 641 g/mol. The highest BCUT2D eigenvalue weighted by Crippen LogP contribution is 2.34. The number of rotatable bonds is 23. The number of hydrogen-bond donors (Lipinski definition) is 2. The molecule has 0 spiro atoms. The van der Waals surface area contributed by atoms with Crippen molar-refractivity contribution in [1.29, 1.82) is 0 Å². The van der Waals surface area contributed by atoms with Crippen molar-refractivity contribution in [2.45, 2.75) is 104 Å². The van der Waals surface area contributed by atoms with Crippen LogP contribution in [-0.2, 0) is 14.2 Å². The zero-order chi connectivity index (χ0) is 32.6. The number of hydrogen-bond acceptors (Lipinski definition) is 8. The van der Waals surface area contributed by atoms with Crippen molar-refractivity contribution in [1.82, 2.24) is 9.80 Å². The average Bonchev–Trinajstić information content (AvgIpc) is 3.59. The van der Waals surface area contributed by atoms with E-state index in [0.717, 1.165) is 82.7 Å². The van der Waals surface area contributed by atoms with Crippen molar-refractivity contribution in [3.05, 3.63) is 36.5 Å². The second-order valence-corrected chi connectivity index (χ2v) is 13.8. The first-order valence-electron chi connectivity index (χ1n) is 17.3. The molecule has 0 aromatic heterocycles. The Morgan fingerprint density at radius 1 is 0.932 bits per heavy atom. The first-order chi connectivity index (χ1) is 21.2. The maximum atomic E-state index is 10.3. The number of ether oxygens (including phenoxy) is 3. The SMILES string of the molecule is C=C/C=C\C=C(/C)CSCC(O)COCCC.CCCOCC(C)CN1CCCC1[C@H]1CC(C)N(CC(O)COCCC)C1. The summed E-state index contributed by atoms with van der Waals surface area (Å²) in [4.78, 5) is 5.20. The maximum absolute atomic E-state index is 10.3. The van der Waals surface area contributed by atoms with E-state index in [1.165, 1.54) is 31.4 Å². The molecule has 6 atom stereocenters.